The Morgan fingerprint density at radius 1 is 0.882 bits per heavy atom. The molecule has 0 radical (unpaired) electrons. The molecule has 1 aliphatic carbocycles. The molecule has 4 rings (SSSR count). The Bertz CT molecular complexity index is 1100. The van der Waals surface area contributed by atoms with Crippen LogP contribution in [0.1, 0.15) is 54.4 Å². The fraction of sp³-hybridized carbons (Fsp3) is 0.462. The first kappa shape index (κ1) is 24.3. The van der Waals surface area contributed by atoms with Crippen LogP contribution < -0.4 is 4.72 Å². The average molecular weight is 484 g/mol. The van der Waals surface area contributed by atoms with Crippen molar-refractivity contribution in [3.05, 3.63) is 59.7 Å². The molecule has 8 heteroatoms. The van der Waals surface area contributed by atoms with E-state index in [-0.39, 0.29) is 16.7 Å². The zero-order valence-corrected chi connectivity index (χ0v) is 20.5. The molecule has 1 aliphatic heterocycles. The summed E-state index contributed by atoms with van der Waals surface area (Å²) < 4.78 is 27.9. The molecule has 2 aromatic rings. The maximum Gasteiger partial charge on any atom is 0.261 e. The molecule has 182 valence electrons. The second-order valence-electron chi connectivity index (χ2n) is 9.36. The van der Waals surface area contributed by atoms with Gasteiger partial charge in [-0.05, 0) is 55.7 Å². The third kappa shape index (κ3) is 5.97. The fourth-order valence-electron chi connectivity index (χ4n) is 4.74. The second-order valence-corrected chi connectivity index (χ2v) is 11.0. The Balaban J connectivity index is 1.29. The summed E-state index contributed by atoms with van der Waals surface area (Å²) in [5.74, 6) is 0.744. The molecule has 1 saturated carbocycles. The molecule has 2 fully saturated rings. The van der Waals surface area contributed by atoms with Crippen molar-refractivity contribution >= 4 is 27.5 Å². The first-order chi connectivity index (χ1) is 16.3. The van der Waals surface area contributed by atoms with Gasteiger partial charge in [0.25, 0.3) is 15.9 Å². The standard InChI is InChI=1S/C26H33N3O4S/c1-20-6-11-23(12-7-20)27-34(32,33)24-13-9-22(10-14-24)26(31)29-18-16-28(17-19-29)25(30)15-8-21-4-2-3-5-21/h6-7,9-14,21,27H,2-5,8,15-19H2,1H3. The number of carbonyl (C=O) groups excluding carboxylic acids is 2. The van der Waals surface area contributed by atoms with Crippen molar-refractivity contribution in [3.8, 4) is 0 Å². The van der Waals surface area contributed by atoms with Gasteiger partial charge in [-0.2, -0.15) is 0 Å². The predicted octanol–water partition coefficient (Wildman–Crippen LogP) is 4.05. The Morgan fingerprint density at radius 2 is 1.47 bits per heavy atom. The Hall–Kier alpha value is -2.87. The van der Waals surface area contributed by atoms with Crippen molar-refractivity contribution in [3.63, 3.8) is 0 Å². The van der Waals surface area contributed by atoms with Crippen LogP contribution in [-0.2, 0) is 14.8 Å². The van der Waals surface area contributed by atoms with Crippen LogP contribution in [0.2, 0.25) is 0 Å². The van der Waals surface area contributed by atoms with Gasteiger partial charge in [0.15, 0.2) is 0 Å². The van der Waals surface area contributed by atoms with Gasteiger partial charge >= 0.3 is 0 Å². The lowest BCUT2D eigenvalue weighted by atomic mass is 10.0. The number of nitrogens with one attached hydrogen (secondary N) is 1. The SMILES string of the molecule is Cc1ccc(NS(=O)(=O)c2ccc(C(=O)N3CCN(C(=O)CCC4CCCC4)CC3)cc2)cc1. The molecule has 2 amide bonds. The van der Waals surface area contributed by atoms with E-state index >= 15 is 0 Å². The van der Waals surface area contributed by atoms with E-state index in [1.807, 2.05) is 24.0 Å². The second kappa shape index (κ2) is 10.6. The quantitative estimate of drug-likeness (QED) is 0.644. The Labute approximate surface area is 202 Å². The molecule has 0 bridgehead atoms. The minimum Gasteiger partial charge on any atom is -0.339 e. The average Bonchev–Trinajstić information content (AvgIpc) is 3.37. The largest absolute Gasteiger partial charge is 0.339 e. The summed E-state index contributed by atoms with van der Waals surface area (Å²) in [6.07, 6.45) is 6.65. The summed E-state index contributed by atoms with van der Waals surface area (Å²) >= 11 is 0. The zero-order chi connectivity index (χ0) is 24.1. The molecule has 1 heterocycles. The highest BCUT2D eigenvalue weighted by Crippen LogP contribution is 2.28. The third-order valence-electron chi connectivity index (χ3n) is 6.88. The lowest BCUT2D eigenvalue weighted by Gasteiger charge is -2.35. The van der Waals surface area contributed by atoms with Crippen LogP contribution in [-0.4, -0.2) is 56.2 Å². The third-order valence-corrected chi connectivity index (χ3v) is 8.27. The van der Waals surface area contributed by atoms with Crippen LogP contribution in [0.4, 0.5) is 5.69 Å². The molecule has 0 spiro atoms. The van der Waals surface area contributed by atoms with Gasteiger partial charge in [-0.15, -0.1) is 0 Å². The van der Waals surface area contributed by atoms with Crippen molar-refractivity contribution in [1.29, 1.82) is 0 Å². The molecule has 34 heavy (non-hydrogen) atoms. The monoisotopic (exact) mass is 483 g/mol. The maximum absolute atomic E-state index is 12.9. The highest BCUT2D eigenvalue weighted by molar-refractivity contribution is 7.92. The van der Waals surface area contributed by atoms with Crippen LogP contribution in [0, 0.1) is 12.8 Å². The Morgan fingerprint density at radius 3 is 2.09 bits per heavy atom. The number of piperazine rings is 1. The van der Waals surface area contributed by atoms with Gasteiger partial charge in [-0.1, -0.05) is 43.4 Å². The number of hydrogen-bond donors (Lipinski definition) is 1. The number of hydrogen-bond acceptors (Lipinski definition) is 4. The van der Waals surface area contributed by atoms with Crippen molar-refractivity contribution < 1.29 is 18.0 Å². The maximum atomic E-state index is 12.9. The molecular formula is C26H33N3O4S. The minimum atomic E-state index is -3.74. The molecule has 0 unspecified atom stereocenters. The fourth-order valence-corrected chi connectivity index (χ4v) is 5.80. The number of nitrogens with zero attached hydrogens (tertiary/aromatic N) is 2. The van der Waals surface area contributed by atoms with Crippen molar-refractivity contribution in [1.82, 2.24) is 9.80 Å². The van der Waals surface area contributed by atoms with Crippen LogP contribution in [0.3, 0.4) is 0 Å². The van der Waals surface area contributed by atoms with Gasteiger partial charge in [0.1, 0.15) is 0 Å². The minimum absolute atomic E-state index is 0.0994. The van der Waals surface area contributed by atoms with E-state index in [0.717, 1.165) is 12.0 Å². The molecule has 0 atom stereocenters. The summed E-state index contributed by atoms with van der Waals surface area (Å²) in [5, 5.41) is 0. The number of amides is 2. The first-order valence-electron chi connectivity index (χ1n) is 12.1. The molecule has 1 saturated heterocycles. The predicted molar refractivity (Wildman–Crippen MR) is 132 cm³/mol. The van der Waals surface area contributed by atoms with Gasteiger partial charge < -0.3 is 9.80 Å². The van der Waals surface area contributed by atoms with Gasteiger partial charge in [0, 0.05) is 43.9 Å². The number of benzene rings is 2. The van der Waals surface area contributed by atoms with Gasteiger partial charge in [0.2, 0.25) is 5.91 Å². The van der Waals surface area contributed by atoms with Crippen molar-refractivity contribution in [2.45, 2.75) is 50.3 Å². The van der Waals surface area contributed by atoms with E-state index < -0.39 is 10.0 Å². The van der Waals surface area contributed by atoms with Gasteiger partial charge in [-0.25, -0.2) is 8.42 Å². The van der Waals surface area contributed by atoms with Crippen molar-refractivity contribution in [2.75, 3.05) is 30.9 Å². The lowest BCUT2D eigenvalue weighted by molar-refractivity contribution is -0.133. The number of sulfonamides is 1. The normalized spacial score (nSPS) is 17.1. The first-order valence-corrected chi connectivity index (χ1v) is 13.6. The summed E-state index contributed by atoms with van der Waals surface area (Å²) in [4.78, 5) is 29.2. The van der Waals surface area contributed by atoms with E-state index in [2.05, 4.69) is 4.72 Å². The molecule has 0 aromatic heterocycles. The van der Waals surface area contributed by atoms with E-state index in [9.17, 15) is 18.0 Å². The van der Waals surface area contributed by atoms with Crippen molar-refractivity contribution in [2.24, 2.45) is 5.92 Å². The number of anilines is 1. The van der Waals surface area contributed by atoms with E-state index in [0.29, 0.717) is 49.8 Å². The molecule has 1 N–H and O–H groups in total. The van der Waals surface area contributed by atoms with Crippen LogP contribution in [0.25, 0.3) is 0 Å². The highest BCUT2D eigenvalue weighted by Gasteiger charge is 2.26. The Kier molecular flexibility index (Phi) is 7.56. The summed E-state index contributed by atoms with van der Waals surface area (Å²) in [5.41, 5.74) is 1.97. The van der Waals surface area contributed by atoms with E-state index in [4.69, 9.17) is 0 Å². The molecule has 7 nitrogen and oxygen atoms in total. The number of rotatable bonds is 7. The summed E-state index contributed by atoms with van der Waals surface area (Å²) in [7, 11) is -3.74. The van der Waals surface area contributed by atoms with E-state index in [1.165, 1.54) is 37.8 Å². The smallest absolute Gasteiger partial charge is 0.261 e. The molecular weight excluding hydrogens is 450 g/mol. The van der Waals surface area contributed by atoms with Crippen LogP contribution in [0.15, 0.2) is 53.4 Å². The lowest BCUT2D eigenvalue weighted by Crippen LogP contribution is -2.50. The van der Waals surface area contributed by atoms with Gasteiger partial charge in [0.05, 0.1) is 4.90 Å². The van der Waals surface area contributed by atoms with Crippen LogP contribution in [0.5, 0.6) is 0 Å². The molecule has 2 aliphatic rings. The summed E-state index contributed by atoms with van der Waals surface area (Å²) in [6.45, 7) is 4.00. The summed E-state index contributed by atoms with van der Waals surface area (Å²) in [6, 6.07) is 13.1. The van der Waals surface area contributed by atoms with Crippen LogP contribution >= 0.6 is 0 Å². The zero-order valence-electron chi connectivity index (χ0n) is 19.7. The topological polar surface area (TPSA) is 86.8 Å². The van der Waals surface area contributed by atoms with E-state index in [1.54, 1.807) is 29.2 Å². The molecule has 2 aromatic carbocycles. The number of carbonyl (C=O) groups is 2. The highest BCUT2D eigenvalue weighted by atomic mass is 32.2. The van der Waals surface area contributed by atoms with Gasteiger partial charge in [-0.3, -0.25) is 14.3 Å². The number of aryl methyl sites for hydroxylation is 1.